The Bertz CT molecular complexity index is 488. The molecule has 1 fully saturated rings. The van der Waals surface area contributed by atoms with Crippen LogP contribution in [0, 0.1) is 0 Å². The smallest absolute Gasteiger partial charge is 0.241 e. The Labute approximate surface area is 114 Å². The predicted molar refractivity (Wildman–Crippen MR) is 76.1 cm³/mol. The molecule has 2 N–H and O–H groups in total. The van der Waals surface area contributed by atoms with Gasteiger partial charge in [0.1, 0.15) is 0 Å². The molecule has 2 unspecified atom stereocenters. The second-order valence-corrected chi connectivity index (χ2v) is 5.73. The zero-order valence-electron chi connectivity index (χ0n) is 11.4. The average Bonchev–Trinajstić information content (AvgIpc) is 2.91. The Kier molecular flexibility index (Phi) is 3.29. The largest absolute Gasteiger partial charge is 0.326 e. The van der Waals surface area contributed by atoms with E-state index in [0.29, 0.717) is 6.54 Å². The third-order valence-electron chi connectivity index (χ3n) is 4.14. The summed E-state index contributed by atoms with van der Waals surface area (Å²) in [5.74, 6) is 0.201. The third-order valence-corrected chi connectivity index (χ3v) is 4.14. The average molecular weight is 259 g/mol. The van der Waals surface area contributed by atoms with Crippen LogP contribution in [0.3, 0.4) is 0 Å². The Hall–Kier alpha value is -1.39. The molecule has 19 heavy (non-hydrogen) atoms. The zero-order valence-corrected chi connectivity index (χ0v) is 11.4. The van der Waals surface area contributed by atoms with E-state index in [4.69, 9.17) is 5.73 Å². The van der Waals surface area contributed by atoms with E-state index in [0.717, 1.165) is 31.6 Å². The standard InChI is InChI=1S/C15H21N3O/c1-11-8-12-4-2-3-5-14(12)18(11)15(19)10-17-7-6-13(16)9-17/h2-5,11,13H,6-10,16H2,1H3. The van der Waals surface area contributed by atoms with Gasteiger partial charge in [-0.05, 0) is 31.4 Å². The summed E-state index contributed by atoms with van der Waals surface area (Å²) in [7, 11) is 0. The summed E-state index contributed by atoms with van der Waals surface area (Å²) in [5, 5.41) is 0. The molecule has 1 aromatic rings. The highest BCUT2D eigenvalue weighted by atomic mass is 16.2. The molecular formula is C15H21N3O. The monoisotopic (exact) mass is 259 g/mol. The van der Waals surface area contributed by atoms with Crippen molar-refractivity contribution < 1.29 is 4.79 Å². The molecule has 2 atom stereocenters. The van der Waals surface area contributed by atoms with Crippen molar-refractivity contribution in [3.05, 3.63) is 29.8 Å². The van der Waals surface area contributed by atoms with Crippen molar-refractivity contribution >= 4 is 11.6 Å². The van der Waals surface area contributed by atoms with E-state index in [1.165, 1.54) is 5.56 Å². The van der Waals surface area contributed by atoms with E-state index < -0.39 is 0 Å². The lowest BCUT2D eigenvalue weighted by molar-refractivity contribution is -0.119. The van der Waals surface area contributed by atoms with E-state index in [1.54, 1.807) is 0 Å². The summed E-state index contributed by atoms with van der Waals surface area (Å²) in [6, 6.07) is 8.71. The minimum absolute atomic E-state index is 0.201. The van der Waals surface area contributed by atoms with Crippen molar-refractivity contribution in [1.82, 2.24) is 4.90 Å². The first-order valence-corrected chi connectivity index (χ1v) is 7.03. The van der Waals surface area contributed by atoms with Crippen LogP contribution in [0.1, 0.15) is 18.9 Å². The summed E-state index contributed by atoms with van der Waals surface area (Å²) in [6.07, 6.45) is 1.96. The molecule has 0 spiro atoms. The molecule has 1 aromatic carbocycles. The van der Waals surface area contributed by atoms with Gasteiger partial charge in [0.25, 0.3) is 0 Å². The molecule has 3 rings (SSSR count). The van der Waals surface area contributed by atoms with Crippen molar-refractivity contribution in [3.8, 4) is 0 Å². The molecule has 0 aromatic heterocycles. The number of amides is 1. The molecule has 1 amide bonds. The van der Waals surface area contributed by atoms with Gasteiger partial charge in [-0.1, -0.05) is 18.2 Å². The summed E-state index contributed by atoms with van der Waals surface area (Å²) < 4.78 is 0. The van der Waals surface area contributed by atoms with Crippen LogP contribution in [0.25, 0.3) is 0 Å². The number of hydrogen-bond donors (Lipinski definition) is 1. The third kappa shape index (κ3) is 2.38. The lowest BCUT2D eigenvalue weighted by Crippen LogP contribution is -2.43. The first-order chi connectivity index (χ1) is 9.15. The number of para-hydroxylation sites is 1. The maximum Gasteiger partial charge on any atom is 0.241 e. The topological polar surface area (TPSA) is 49.6 Å². The van der Waals surface area contributed by atoms with Crippen LogP contribution in [0.4, 0.5) is 5.69 Å². The number of carbonyl (C=O) groups excluding carboxylic acids is 1. The first kappa shape index (κ1) is 12.6. The van der Waals surface area contributed by atoms with Crippen LogP contribution < -0.4 is 10.6 Å². The molecule has 2 heterocycles. The quantitative estimate of drug-likeness (QED) is 0.862. The first-order valence-electron chi connectivity index (χ1n) is 7.03. The molecule has 102 valence electrons. The van der Waals surface area contributed by atoms with Gasteiger partial charge in [-0.15, -0.1) is 0 Å². The lowest BCUT2D eigenvalue weighted by Gasteiger charge is -2.25. The number of benzene rings is 1. The van der Waals surface area contributed by atoms with Gasteiger partial charge >= 0.3 is 0 Å². The molecule has 4 heteroatoms. The maximum absolute atomic E-state index is 12.5. The van der Waals surface area contributed by atoms with Gasteiger partial charge in [0.05, 0.1) is 6.54 Å². The van der Waals surface area contributed by atoms with Crippen LogP contribution in [-0.4, -0.2) is 42.5 Å². The van der Waals surface area contributed by atoms with Crippen molar-refractivity contribution in [2.45, 2.75) is 31.8 Å². The van der Waals surface area contributed by atoms with Crippen LogP contribution >= 0.6 is 0 Å². The Morgan fingerprint density at radius 1 is 1.42 bits per heavy atom. The highest BCUT2D eigenvalue weighted by molar-refractivity contribution is 5.97. The van der Waals surface area contributed by atoms with E-state index in [9.17, 15) is 4.79 Å². The number of hydrogen-bond acceptors (Lipinski definition) is 3. The van der Waals surface area contributed by atoms with Gasteiger partial charge in [-0.2, -0.15) is 0 Å². The predicted octanol–water partition coefficient (Wildman–Crippen LogP) is 0.997. The van der Waals surface area contributed by atoms with Crippen molar-refractivity contribution in [2.24, 2.45) is 5.73 Å². The van der Waals surface area contributed by atoms with Gasteiger partial charge < -0.3 is 10.6 Å². The Morgan fingerprint density at radius 2 is 2.21 bits per heavy atom. The molecule has 4 nitrogen and oxygen atoms in total. The van der Waals surface area contributed by atoms with Gasteiger partial charge in [0, 0.05) is 30.9 Å². The van der Waals surface area contributed by atoms with Crippen LogP contribution in [0.5, 0.6) is 0 Å². The Morgan fingerprint density at radius 3 is 2.95 bits per heavy atom. The van der Waals surface area contributed by atoms with Crippen molar-refractivity contribution in [1.29, 1.82) is 0 Å². The minimum atomic E-state index is 0.201. The SMILES string of the molecule is CC1Cc2ccccc2N1C(=O)CN1CCC(N)C1. The summed E-state index contributed by atoms with van der Waals surface area (Å²) >= 11 is 0. The van der Waals surface area contributed by atoms with E-state index in [-0.39, 0.29) is 18.0 Å². The van der Waals surface area contributed by atoms with E-state index in [1.807, 2.05) is 23.1 Å². The zero-order chi connectivity index (χ0) is 13.4. The van der Waals surface area contributed by atoms with Gasteiger partial charge in [-0.3, -0.25) is 9.69 Å². The molecule has 0 saturated carbocycles. The van der Waals surface area contributed by atoms with E-state index >= 15 is 0 Å². The molecule has 0 bridgehead atoms. The summed E-state index contributed by atoms with van der Waals surface area (Å²) in [5.41, 5.74) is 8.26. The molecule has 0 radical (unpaired) electrons. The number of likely N-dealkylation sites (tertiary alicyclic amines) is 1. The van der Waals surface area contributed by atoms with Gasteiger partial charge in [0.15, 0.2) is 0 Å². The fraction of sp³-hybridized carbons (Fsp3) is 0.533. The maximum atomic E-state index is 12.5. The molecule has 1 saturated heterocycles. The fourth-order valence-corrected chi connectivity index (χ4v) is 3.22. The number of nitrogens with two attached hydrogens (primary N) is 1. The molecule has 2 aliphatic rings. The highest BCUT2D eigenvalue weighted by Crippen LogP contribution is 2.31. The second kappa shape index (κ2) is 4.94. The number of anilines is 1. The van der Waals surface area contributed by atoms with Crippen molar-refractivity contribution in [3.63, 3.8) is 0 Å². The Balaban J connectivity index is 1.73. The number of carbonyl (C=O) groups is 1. The van der Waals surface area contributed by atoms with Gasteiger partial charge in [-0.25, -0.2) is 0 Å². The fourth-order valence-electron chi connectivity index (χ4n) is 3.22. The van der Waals surface area contributed by atoms with Gasteiger partial charge in [0.2, 0.25) is 5.91 Å². The molecule has 2 aliphatic heterocycles. The number of nitrogens with zero attached hydrogens (tertiary/aromatic N) is 2. The van der Waals surface area contributed by atoms with Crippen LogP contribution in [-0.2, 0) is 11.2 Å². The lowest BCUT2D eigenvalue weighted by atomic mass is 10.1. The number of rotatable bonds is 2. The molecule has 0 aliphatic carbocycles. The highest BCUT2D eigenvalue weighted by Gasteiger charge is 2.32. The summed E-state index contributed by atoms with van der Waals surface area (Å²) in [4.78, 5) is 16.6. The second-order valence-electron chi connectivity index (χ2n) is 5.73. The van der Waals surface area contributed by atoms with E-state index in [2.05, 4.69) is 17.9 Å². The van der Waals surface area contributed by atoms with Crippen molar-refractivity contribution in [2.75, 3.05) is 24.5 Å². The minimum Gasteiger partial charge on any atom is -0.326 e. The molecular weight excluding hydrogens is 238 g/mol. The normalized spacial score (nSPS) is 26.7. The summed E-state index contributed by atoms with van der Waals surface area (Å²) in [6.45, 7) is 4.40. The van der Waals surface area contributed by atoms with Crippen LogP contribution in [0.2, 0.25) is 0 Å². The van der Waals surface area contributed by atoms with Crippen LogP contribution in [0.15, 0.2) is 24.3 Å². The number of fused-ring (bicyclic) bond motifs is 1.